The van der Waals surface area contributed by atoms with E-state index in [0.717, 1.165) is 29.0 Å². The van der Waals surface area contributed by atoms with E-state index in [1.165, 1.54) is 0 Å². The van der Waals surface area contributed by atoms with Crippen LogP contribution in [0.4, 0.5) is 16.2 Å². The Kier molecular flexibility index (Phi) is 5.35. The summed E-state index contributed by atoms with van der Waals surface area (Å²) in [5.74, 6) is 0.806. The lowest BCUT2D eigenvalue weighted by atomic mass is 9.78. The van der Waals surface area contributed by atoms with E-state index in [9.17, 15) is 9.59 Å². The SMILES string of the molecule is COc1ccc(CCNC(=O)Nc2ccc3c(c2)NC(=O)CC3(C)C)cc1. The van der Waals surface area contributed by atoms with Crippen molar-refractivity contribution in [1.82, 2.24) is 5.32 Å². The lowest BCUT2D eigenvalue weighted by molar-refractivity contribution is -0.117. The fourth-order valence-corrected chi connectivity index (χ4v) is 3.29. The second-order valence-electron chi connectivity index (χ2n) is 7.35. The number of hydrogen-bond acceptors (Lipinski definition) is 3. The van der Waals surface area contributed by atoms with Crippen LogP contribution in [0.25, 0.3) is 0 Å². The standard InChI is InChI=1S/C21H25N3O3/c1-21(2)13-19(25)24-18-12-15(6-9-17(18)21)23-20(26)22-11-10-14-4-7-16(27-3)8-5-14/h4-9,12H,10-11,13H2,1-3H3,(H,24,25)(H2,22,23,26). The van der Waals surface area contributed by atoms with Crippen LogP contribution in [-0.2, 0) is 16.6 Å². The van der Waals surface area contributed by atoms with Gasteiger partial charge in [0.25, 0.3) is 0 Å². The molecule has 142 valence electrons. The molecule has 2 aromatic rings. The molecule has 27 heavy (non-hydrogen) atoms. The van der Waals surface area contributed by atoms with E-state index in [-0.39, 0.29) is 17.4 Å². The molecule has 0 saturated carbocycles. The molecule has 3 amide bonds. The van der Waals surface area contributed by atoms with E-state index < -0.39 is 0 Å². The molecule has 6 heteroatoms. The van der Waals surface area contributed by atoms with Crippen LogP contribution in [0.5, 0.6) is 5.75 Å². The van der Waals surface area contributed by atoms with Gasteiger partial charge in [0.05, 0.1) is 7.11 Å². The van der Waals surface area contributed by atoms with E-state index in [1.54, 1.807) is 13.2 Å². The highest BCUT2D eigenvalue weighted by molar-refractivity contribution is 5.97. The van der Waals surface area contributed by atoms with Gasteiger partial charge in [0, 0.05) is 29.8 Å². The lowest BCUT2D eigenvalue weighted by Crippen LogP contribution is -2.33. The number of amides is 3. The van der Waals surface area contributed by atoms with E-state index in [4.69, 9.17) is 4.74 Å². The van der Waals surface area contributed by atoms with Crippen molar-refractivity contribution in [2.45, 2.75) is 32.1 Å². The van der Waals surface area contributed by atoms with Crippen molar-refractivity contribution in [1.29, 1.82) is 0 Å². The molecule has 2 aromatic carbocycles. The zero-order chi connectivity index (χ0) is 19.4. The predicted molar refractivity (Wildman–Crippen MR) is 106 cm³/mol. The number of hydrogen-bond donors (Lipinski definition) is 3. The number of rotatable bonds is 5. The fourth-order valence-electron chi connectivity index (χ4n) is 3.29. The molecule has 0 saturated heterocycles. The highest BCUT2D eigenvalue weighted by Crippen LogP contribution is 2.38. The van der Waals surface area contributed by atoms with Crippen molar-refractivity contribution >= 4 is 23.3 Å². The predicted octanol–water partition coefficient (Wildman–Crippen LogP) is 3.68. The zero-order valence-corrected chi connectivity index (χ0v) is 15.9. The number of urea groups is 1. The Morgan fingerprint density at radius 3 is 2.63 bits per heavy atom. The minimum atomic E-state index is -0.273. The van der Waals surface area contributed by atoms with Crippen LogP contribution in [0.2, 0.25) is 0 Å². The van der Waals surface area contributed by atoms with E-state index in [1.807, 2.05) is 50.2 Å². The highest BCUT2D eigenvalue weighted by atomic mass is 16.5. The number of fused-ring (bicyclic) bond motifs is 1. The summed E-state index contributed by atoms with van der Waals surface area (Å²) in [5.41, 5.74) is 3.39. The number of ether oxygens (including phenoxy) is 1. The topological polar surface area (TPSA) is 79.5 Å². The van der Waals surface area contributed by atoms with Gasteiger partial charge in [-0.15, -0.1) is 0 Å². The van der Waals surface area contributed by atoms with E-state index >= 15 is 0 Å². The molecule has 0 fully saturated rings. The first-order valence-corrected chi connectivity index (χ1v) is 8.99. The first kappa shape index (κ1) is 18.8. The quantitative estimate of drug-likeness (QED) is 0.754. The minimum absolute atomic E-state index is 0.00593. The van der Waals surface area contributed by atoms with Gasteiger partial charge in [-0.1, -0.05) is 32.0 Å². The Bertz CT molecular complexity index is 844. The van der Waals surface area contributed by atoms with Crippen molar-refractivity contribution in [2.75, 3.05) is 24.3 Å². The summed E-state index contributed by atoms with van der Waals surface area (Å²) >= 11 is 0. The maximum Gasteiger partial charge on any atom is 0.319 e. The van der Waals surface area contributed by atoms with Gasteiger partial charge in [-0.2, -0.15) is 0 Å². The number of carbonyl (C=O) groups is 2. The third-order valence-electron chi connectivity index (χ3n) is 4.74. The van der Waals surface area contributed by atoms with Crippen LogP contribution in [0.3, 0.4) is 0 Å². The zero-order valence-electron chi connectivity index (χ0n) is 15.9. The Balaban J connectivity index is 1.55. The second kappa shape index (κ2) is 7.70. The molecule has 3 N–H and O–H groups in total. The molecule has 1 heterocycles. The van der Waals surface area contributed by atoms with Crippen LogP contribution in [-0.4, -0.2) is 25.6 Å². The molecule has 0 atom stereocenters. The van der Waals surface area contributed by atoms with E-state index in [2.05, 4.69) is 16.0 Å². The molecule has 1 aliphatic rings. The summed E-state index contributed by atoms with van der Waals surface area (Å²) in [6.45, 7) is 4.61. The number of carbonyl (C=O) groups excluding carboxylic acids is 2. The molecule has 0 radical (unpaired) electrons. The van der Waals surface area contributed by atoms with Gasteiger partial charge >= 0.3 is 6.03 Å². The monoisotopic (exact) mass is 367 g/mol. The van der Waals surface area contributed by atoms with Gasteiger partial charge in [-0.05, 0) is 41.8 Å². The molecule has 6 nitrogen and oxygen atoms in total. The summed E-state index contributed by atoms with van der Waals surface area (Å²) in [7, 11) is 1.63. The van der Waals surface area contributed by atoms with Crippen molar-refractivity contribution in [2.24, 2.45) is 0 Å². The largest absolute Gasteiger partial charge is 0.497 e. The van der Waals surface area contributed by atoms with Gasteiger partial charge < -0.3 is 20.7 Å². The Morgan fingerprint density at radius 2 is 1.93 bits per heavy atom. The highest BCUT2D eigenvalue weighted by Gasteiger charge is 2.31. The maximum absolute atomic E-state index is 12.1. The van der Waals surface area contributed by atoms with Crippen molar-refractivity contribution in [3.8, 4) is 5.75 Å². The van der Waals surface area contributed by atoms with Crippen LogP contribution >= 0.6 is 0 Å². The third kappa shape index (κ3) is 4.58. The van der Waals surface area contributed by atoms with Crippen LogP contribution in [0.1, 0.15) is 31.4 Å². The summed E-state index contributed by atoms with van der Waals surface area (Å²) in [6, 6.07) is 13.1. The summed E-state index contributed by atoms with van der Waals surface area (Å²) < 4.78 is 5.13. The van der Waals surface area contributed by atoms with Gasteiger partial charge in [-0.25, -0.2) is 4.79 Å². The first-order valence-electron chi connectivity index (χ1n) is 8.99. The Hall–Kier alpha value is -3.02. The number of nitrogens with one attached hydrogen (secondary N) is 3. The van der Waals surface area contributed by atoms with Gasteiger partial charge in [0.1, 0.15) is 5.75 Å². The van der Waals surface area contributed by atoms with E-state index in [0.29, 0.717) is 18.7 Å². The van der Waals surface area contributed by atoms with Crippen molar-refractivity contribution in [3.63, 3.8) is 0 Å². The lowest BCUT2D eigenvalue weighted by Gasteiger charge is -2.32. The molecule has 3 rings (SSSR count). The smallest absolute Gasteiger partial charge is 0.319 e. The normalized spacial score (nSPS) is 14.7. The third-order valence-corrected chi connectivity index (χ3v) is 4.74. The molecule has 1 aliphatic heterocycles. The molecule has 0 unspecified atom stereocenters. The Morgan fingerprint density at radius 1 is 1.19 bits per heavy atom. The molecule has 0 aromatic heterocycles. The molecule has 0 spiro atoms. The summed E-state index contributed by atoms with van der Waals surface area (Å²) in [5, 5.41) is 8.54. The minimum Gasteiger partial charge on any atom is -0.497 e. The van der Waals surface area contributed by atoms with Gasteiger partial charge in [0.2, 0.25) is 5.91 Å². The second-order valence-corrected chi connectivity index (χ2v) is 7.35. The average molecular weight is 367 g/mol. The average Bonchev–Trinajstić information content (AvgIpc) is 2.61. The van der Waals surface area contributed by atoms with Crippen molar-refractivity contribution in [3.05, 3.63) is 53.6 Å². The molecular weight excluding hydrogens is 342 g/mol. The van der Waals surface area contributed by atoms with Crippen LogP contribution in [0.15, 0.2) is 42.5 Å². The fraction of sp³-hybridized carbons (Fsp3) is 0.333. The van der Waals surface area contributed by atoms with Crippen LogP contribution < -0.4 is 20.7 Å². The molecule has 0 aliphatic carbocycles. The summed E-state index contributed by atoms with van der Waals surface area (Å²) in [4.78, 5) is 24.0. The van der Waals surface area contributed by atoms with Gasteiger partial charge in [-0.3, -0.25) is 4.79 Å². The molecular formula is C21H25N3O3. The van der Waals surface area contributed by atoms with Gasteiger partial charge in [0.15, 0.2) is 0 Å². The van der Waals surface area contributed by atoms with Crippen LogP contribution in [0, 0.1) is 0 Å². The number of methoxy groups -OCH3 is 1. The molecule has 0 bridgehead atoms. The number of benzene rings is 2. The maximum atomic E-state index is 12.1. The first-order chi connectivity index (χ1) is 12.9. The number of anilines is 2. The summed E-state index contributed by atoms with van der Waals surface area (Å²) in [6.07, 6.45) is 1.18. The van der Waals surface area contributed by atoms with Crippen molar-refractivity contribution < 1.29 is 14.3 Å². The Labute approximate surface area is 159 Å².